The summed E-state index contributed by atoms with van der Waals surface area (Å²) in [5.41, 5.74) is 3.19. The van der Waals surface area contributed by atoms with E-state index in [4.69, 9.17) is 14.2 Å². The van der Waals surface area contributed by atoms with Gasteiger partial charge in [0, 0.05) is 11.8 Å². The van der Waals surface area contributed by atoms with Gasteiger partial charge in [0.1, 0.15) is 5.69 Å². The van der Waals surface area contributed by atoms with Gasteiger partial charge in [0.05, 0.1) is 37.8 Å². The van der Waals surface area contributed by atoms with Crippen LogP contribution in [0.2, 0.25) is 0 Å². The molecule has 2 aliphatic rings. The number of ether oxygens (including phenoxy) is 3. The minimum atomic E-state index is -4.55. The molecule has 1 aliphatic carbocycles. The molecule has 0 spiro atoms. The number of alkyl halides is 3. The zero-order chi connectivity index (χ0) is 23.6. The van der Waals surface area contributed by atoms with E-state index in [1.165, 1.54) is 19.5 Å². The van der Waals surface area contributed by atoms with Gasteiger partial charge >= 0.3 is 12.1 Å². The number of anilines is 2. The maximum atomic E-state index is 13.4. The standard InChI is InChI=1S/C24H25F3N2O4/c1-14(24(25,26)27)33-22-19(16-7-9-32-10-8-16)12-28-13-21(22)29-20-6-5-17(15-3-4-15)11-18(20)23(30)31-2/h5-7,11-15,29H,3-4,8-10H2,1-2H3/t14-/m0/s1. The van der Waals surface area contributed by atoms with Crippen LogP contribution in [0.25, 0.3) is 5.57 Å². The second-order valence-corrected chi connectivity index (χ2v) is 8.12. The summed E-state index contributed by atoms with van der Waals surface area (Å²) in [5, 5.41) is 3.07. The van der Waals surface area contributed by atoms with Gasteiger partial charge in [-0.2, -0.15) is 13.2 Å². The fourth-order valence-electron chi connectivity index (χ4n) is 3.67. The number of nitrogens with one attached hydrogen (secondary N) is 1. The van der Waals surface area contributed by atoms with Crippen molar-refractivity contribution in [3.8, 4) is 5.75 Å². The zero-order valence-electron chi connectivity index (χ0n) is 18.4. The van der Waals surface area contributed by atoms with E-state index in [1.54, 1.807) is 18.2 Å². The van der Waals surface area contributed by atoms with Crippen LogP contribution in [0.4, 0.5) is 24.5 Å². The van der Waals surface area contributed by atoms with Crippen LogP contribution in [0.3, 0.4) is 0 Å². The Bertz CT molecular complexity index is 1060. The highest BCUT2D eigenvalue weighted by Gasteiger charge is 2.39. The van der Waals surface area contributed by atoms with Crippen molar-refractivity contribution in [1.29, 1.82) is 0 Å². The van der Waals surface area contributed by atoms with Crippen LogP contribution in [0.15, 0.2) is 36.7 Å². The molecule has 1 atom stereocenters. The summed E-state index contributed by atoms with van der Waals surface area (Å²) >= 11 is 0. The number of methoxy groups -OCH3 is 1. The number of halogens is 3. The first-order chi connectivity index (χ1) is 15.8. The van der Waals surface area contributed by atoms with Gasteiger partial charge < -0.3 is 19.5 Å². The van der Waals surface area contributed by atoms with Gasteiger partial charge in [0.15, 0.2) is 11.9 Å². The third kappa shape index (κ3) is 5.30. The predicted octanol–water partition coefficient (Wildman–Crippen LogP) is 5.62. The zero-order valence-corrected chi connectivity index (χ0v) is 18.4. The molecule has 1 aromatic carbocycles. The molecule has 33 heavy (non-hydrogen) atoms. The molecule has 0 radical (unpaired) electrons. The highest BCUT2D eigenvalue weighted by molar-refractivity contribution is 5.97. The van der Waals surface area contributed by atoms with Crippen molar-refractivity contribution in [2.45, 2.75) is 44.4 Å². The summed E-state index contributed by atoms with van der Waals surface area (Å²) in [4.78, 5) is 16.7. The molecule has 1 saturated carbocycles. The molecule has 0 bridgehead atoms. The largest absolute Gasteiger partial charge is 0.478 e. The molecular weight excluding hydrogens is 437 g/mol. The maximum absolute atomic E-state index is 13.4. The lowest BCUT2D eigenvalue weighted by molar-refractivity contribution is -0.189. The predicted molar refractivity (Wildman–Crippen MR) is 117 cm³/mol. The SMILES string of the molecule is COC(=O)c1cc(C2CC2)ccc1Nc1cncc(C2=CCOCC2)c1O[C@@H](C)C(F)(F)F. The number of nitrogens with zero attached hydrogens (tertiary/aromatic N) is 1. The molecule has 4 rings (SSSR count). The van der Waals surface area contributed by atoms with Crippen LogP contribution in [-0.2, 0) is 9.47 Å². The van der Waals surface area contributed by atoms with E-state index in [0.717, 1.165) is 30.9 Å². The van der Waals surface area contributed by atoms with Crippen molar-refractivity contribution in [3.63, 3.8) is 0 Å². The third-order valence-electron chi connectivity index (χ3n) is 5.73. The van der Waals surface area contributed by atoms with E-state index in [-0.39, 0.29) is 11.4 Å². The average molecular weight is 462 g/mol. The maximum Gasteiger partial charge on any atom is 0.425 e. The van der Waals surface area contributed by atoms with Gasteiger partial charge in [-0.15, -0.1) is 0 Å². The second-order valence-electron chi connectivity index (χ2n) is 8.12. The first kappa shape index (κ1) is 23.1. The van der Waals surface area contributed by atoms with E-state index in [9.17, 15) is 18.0 Å². The summed E-state index contributed by atoms with van der Waals surface area (Å²) < 4.78 is 55.8. The molecule has 0 unspecified atom stereocenters. The number of esters is 1. The minimum Gasteiger partial charge on any atom is -0.478 e. The van der Waals surface area contributed by atoms with Crippen LogP contribution in [0.1, 0.15) is 53.6 Å². The highest BCUT2D eigenvalue weighted by Crippen LogP contribution is 2.43. The number of carbonyl (C=O) groups is 1. The van der Waals surface area contributed by atoms with E-state index in [2.05, 4.69) is 10.3 Å². The molecule has 1 aliphatic heterocycles. The van der Waals surface area contributed by atoms with Gasteiger partial charge in [0.2, 0.25) is 0 Å². The normalized spacial score (nSPS) is 17.2. The van der Waals surface area contributed by atoms with Gasteiger partial charge in [0.25, 0.3) is 0 Å². The van der Waals surface area contributed by atoms with Gasteiger partial charge in [-0.05, 0) is 55.4 Å². The number of hydrogen-bond acceptors (Lipinski definition) is 6. The topological polar surface area (TPSA) is 69.7 Å². The highest BCUT2D eigenvalue weighted by atomic mass is 19.4. The molecule has 1 fully saturated rings. The van der Waals surface area contributed by atoms with E-state index < -0.39 is 18.2 Å². The van der Waals surface area contributed by atoms with Crippen LogP contribution in [0, 0.1) is 0 Å². The van der Waals surface area contributed by atoms with Crippen LogP contribution in [0.5, 0.6) is 5.75 Å². The number of aromatic nitrogens is 1. The number of pyridine rings is 1. The first-order valence-corrected chi connectivity index (χ1v) is 10.8. The monoisotopic (exact) mass is 462 g/mol. The third-order valence-corrected chi connectivity index (χ3v) is 5.73. The molecule has 9 heteroatoms. The Labute approximate surface area is 189 Å². The van der Waals surface area contributed by atoms with Crippen LogP contribution < -0.4 is 10.1 Å². The van der Waals surface area contributed by atoms with Gasteiger partial charge in [-0.1, -0.05) is 12.1 Å². The number of hydrogen-bond donors (Lipinski definition) is 1. The van der Waals surface area contributed by atoms with E-state index in [1.807, 2.05) is 6.07 Å². The Balaban J connectivity index is 1.75. The Kier molecular flexibility index (Phi) is 6.60. The fourth-order valence-corrected chi connectivity index (χ4v) is 3.67. The van der Waals surface area contributed by atoms with Crippen molar-refractivity contribution in [3.05, 3.63) is 53.4 Å². The summed E-state index contributed by atoms with van der Waals surface area (Å²) in [6, 6.07) is 5.41. The molecule has 6 nitrogen and oxygen atoms in total. The summed E-state index contributed by atoms with van der Waals surface area (Å²) in [6.45, 7) is 1.76. The lowest BCUT2D eigenvalue weighted by atomic mass is 10.0. The van der Waals surface area contributed by atoms with Crippen LogP contribution in [-0.4, -0.2) is 43.6 Å². The molecule has 2 heterocycles. The Morgan fingerprint density at radius 1 is 1.24 bits per heavy atom. The van der Waals surface area contributed by atoms with Gasteiger partial charge in [-0.25, -0.2) is 4.79 Å². The van der Waals surface area contributed by atoms with Crippen molar-refractivity contribution >= 4 is 22.9 Å². The lowest BCUT2D eigenvalue weighted by Gasteiger charge is -2.24. The van der Waals surface area contributed by atoms with Crippen molar-refractivity contribution in [2.24, 2.45) is 0 Å². The number of benzene rings is 1. The smallest absolute Gasteiger partial charge is 0.425 e. The molecule has 1 N–H and O–H groups in total. The summed E-state index contributed by atoms with van der Waals surface area (Å²) in [6.07, 6.45) is 0.722. The number of carbonyl (C=O) groups excluding carboxylic acids is 1. The van der Waals surface area contributed by atoms with Gasteiger partial charge in [-0.3, -0.25) is 4.98 Å². The summed E-state index contributed by atoms with van der Waals surface area (Å²) in [7, 11) is 1.29. The molecular formula is C24H25F3N2O4. The molecule has 176 valence electrons. The quantitative estimate of drug-likeness (QED) is 0.539. The fraction of sp³-hybridized carbons (Fsp3) is 0.417. The van der Waals surface area contributed by atoms with Crippen LogP contribution >= 0.6 is 0 Å². The van der Waals surface area contributed by atoms with E-state index in [0.29, 0.717) is 42.4 Å². The number of rotatable bonds is 7. The minimum absolute atomic E-state index is 0.0186. The molecule has 0 amide bonds. The van der Waals surface area contributed by atoms with Crippen molar-refractivity contribution in [1.82, 2.24) is 4.98 Å². The lowest BCUT2D eigenvalue weighted by Crippen LogP contribution is -2.31. The molecule has 0 saturated heterocycles. The molecule has 1 aromatic heterocycles. The van der Waals surface area contributed by atoms with Crippen molar-refractivity contribution < 1.29 is 32.2 Å². The average Bonchev–Trinajstić information content (AvgIpc) is 3.65. The van der Waals surface area contributed by atoms with E-state index >= 15 is 0 Å². The Morgan fingerprint density at radius 2 is 2.03 bits per heavy atom. The molecule has 2 aromatic rings. The second kappa shape index (κ2) is 9.43. The summed E-state index contributed by atoms with van der Waals surface area (Å²) in [5.74, 6) is -0.105. The first-order valence-electron chi connectivity index (χ1n) is 10.8. The Morgan fingerprint density at radius 3 is 2.67 bits per heavy atom. The Hall–Kier alpha value is -3.07. The van der Waals surface area contributed by atoms with Crippen molar-refractivity contribution in [2.75, 3.05) is 25.6 Å².